The molecule has 4 aromatic rings. The maximum Gasteiger partial charge on any atom is 0.249 e. The molecule has 102 valence electrons. The Morgan fingerprint density at radius 1 is 0.952 bits per heavy atom. The predicted octanol–water partition coefficient (Wildman–Crippen LogP) is 3.49. The lowest BCUT2D eigenvalue weighted by atomic mass is 10.1. The van der Waals surface area contributed by atoms with E-state index >= 15 is 0 Å². The van der Waals surface area contributed by atoms with Crippen molar-refractivity contribution in [2.75, 3.05) is 0 Å². The first-order valence-electron chi connectivity index (χ1n) is 7.21. The number of pyridine rings is 1. The third kappa shape index (κ3) is 1.89. The van der Waals surface area contributed by atoms with Crippen LogP contribution in [0.5, 0.6) is 0 Å². The average Bonchev–Trinajstić information content (AvgIpc) is 3.01. The molecule has 4 rings (SSSR count). The van der Waals surface area contributed by atoms with E-state index in [1.54, 1.807) is 0 Å². The van der Waals surface area contributed by atoms with Crippen molar-refractivity contribution in [3.8, 4) is 5.69 Å². The van der Waals surface area contributed by atoms with Gasteiger partial charge in [0.25, 0.3) is 0 Å². The largest absolute Gasteiger partial charge is 0.249 e. The lowest BCUT2D eigenvalue weighted by Crippen LogP contribution is -2.28. The van der Waals surface area contributed by atoms with Crippen molar-refractivity contribution in [2.24, 2.45) is 0 Å². The second kappa shape index (κ2) is 4.70. The first-order valence-corrected chi connectivity index (χ1v) is 7.21. The van der Waals surface area contributed by atoms with Crippen LogP contribution in [0, 0.1) is 0 Å². The highest BCUT2D eigenvalue weighted by Crippen LogP contribution is 2.28. The number of aryl methyl sites for hydroxylation is 1. The SMILES string of the molecule is CC[n+]1ccn(-c2c3ccccc3nc3ccccc23)c1. The van der Waals surface area contributed by atoms with Crippen LogP contribution in [0.4, 0.5) is 0 Å². The Morgan fingerprint density at radius 3 is 2.14 bits per heavy atom. The number of imidazole rings is 1. The minimum atomic E-state index is 0.966. The van der Waals surface area contributed by atoms with Gasteiger partial charge in [-0.05, 0) is 31.2 Å². The lowest BCUT2D eigenvalue weighted by Gasteiger charge is -2.07. The summed E-state index contributed by atoms with van der Waals surface area (Å²) in [5, 5.41) is 2.35. The zero-order chi connectivity index (χ0) is 14.2. The van der Waals surface area contributed by atoms with Gasteiger partial charge in [-0.15, -0.1) is 0 Å². The van der Waals surface area contributed by atoms with Crippen LogP contribution >= 0.6 is 0 Å². The Morgan fingerprint density at radius 2 is 1.57 bits per heavy atom. The molecule has 0 fully saturated rings. The van der Waals surface area contributed by atoms with Gasteiger partial charge in [0, 0.05) is 10.8 Å². The van der Waals surface area contributed by atoms with Gasteiger partial charge in [-0.3, -0.25) is 0 Å². The molecule has 3 heteroatoms. The molecular weight excluding hydrogens is 258 g/mol. The van der Waals surface area contributed by atoms with E-state index in [0.717, 1.165) is 17.6 Å². The number of para-hydroxylation sites is 2. The predicted molar refractivity (Wildman–Crippen MR) is 84.4 cm³/mol. The highest BCUT2D eigenvalue weighted by atomic mass is 15.1. The lowest BCUT2D eigenvalue weighted by molar-refractivity contribution is -0.692. The van der Waals surface area contributed by atoms with Crippen LogP contribution < -0.4 is 4.57 Å². The second-order valence-corrected chi connectivity index (χ2v) is 5.15. The summed E-state index contributed by atoms with van der Waals surface area (Å²) >= 11 is 0. The fraction of sp³-hybridized carbons (Fsp3) is 0.111. The maximum atomic E-state index is 4.77. The maximum absolute atomic E-state index is 4.77. The summed E-state index contributed by atoms with van der Waals surface area (Å²) in [6, 6.07) is 16.6. The topological polar surface area (TPSA) is 21.7 Å². The Kier molecular flexibility index (Phi) is 2.71. The van der Waals surface area contributed by atoms with Crippen LogP contribution in [0.2, 0.25) is 0 Å². The van der Waals surface area contributed by atoms with E-state index in [4.69, 9.17) is 4.98 Å². The van der Waals surface area contributed by atoms with E-state index in [2.05, 4.69) is 71.2 Å². The van der Waals surface area contributed by atoms with Crippen molar-refractivity contribution in [1.82, 2.24) is 9.55 Å². The molecule has 0 aliphatic heterocycles. The first kappa shape index (κ1) is 12.1. The van der Waals surface area contributed by atoms with Crippen molar-refractivity contribution in [1.29, 1.82) is 0 Å². The third-order valence-electron chi connectivity index (χ3n) is 3.87. The molecule has 0 radical (unpaired) electrons. The van der Waals surface area contributed by atoms with Crippen molar-refractivity contribution in [3.05, 3.63) is 67.3 Å². The molecule has 3 nitrogen and oxygen atoms in total. The van der Waals surface area contributed by atoms with Gasteiger partial charge in [0.05, 0.1) is 17.6 Å². The van der Waals surface area contributed by atoms with E-state index in [0.29, 0.717) is 0 Å². The van der Waals surface area contributed by atoms with Crippen molar-refractivity contribution >= 4 is 21.8 Å². The highest BCUT2D eigenvalue weighted by molar-refractivity contribution is 6.02. The van der Waals surface area contributed by atoms with Crippen LogP contribution in [-0.2, 0) is 6.54 Å². The summed E-state index contributed by atoms with van der Waals surface area (Å²) in [5.41, 5.74) is 3.26. The van der Waals surface area contributed by atoms with Gasteiger partial charge in [-0.25, -0.2) is 14.1 Å². The van der Waals surface area contributed by atoms with Gasteiger partial charge in [-0.1, -0.05) is 24.3 Å². The minimum Gasteiger partial charge on any atom is -0.247 e. The summed E-state index contributed by atoms with van der Waals surface area (Å²) in [6.45, 7) is 3.11. The quantitative estimate of drug-likeness (QED) is 0.405. The van der Waals surface area contributed by atoms with Gasteiger partial charge in [0.15, 0.2) is 5.69 Å². The highest BCUT2D eigenvalue weighted by Gasteiger charge is 2.15. The molecule has 0 saturated carbocycles. The van der Waals surface area contributed by atoms with Crippen LogP contribution in [-0.4, -0.2) is 9.55 Å². The van der Waals surface area contributed by atoms with Crippen molar-refractivity contribution in [2.45, 2.75) is 13.5 Å². The Bertz CT molecular complexity index is 883. The number of fused-ring (bicyclic) bond motifs is 2. The number of nitrogens with zero attached hydrogens (tertiary/aromatic N) is 3. The molecule has 0 aliphatic rings. The summed E-state index contributed by atoms with van der Waals surface area (Å²) < 4.78 is 4.36. The van der Waals surface area contributed by atoms with E-state index in [1.165, 1.54) is 16.5 Å². The molecule has 21 heavy (non-hydrogen) atoms. The summed E-state index contributed by atoms with van der Waals surface area (Å²) in [5.74, 6) is 0. The van der Waals surface area contributed by atoms with Gasteiger partial charge in [0.1, 0.15) is 12.4 Å². The standard InChI is InChI=1S/C18H16N3/c1-2-20-11-12-21(13-20)18-14-7-3-5-9-16(14)19-17-10-6-4-8-15(17)18/h3-13H,2H2,1H3/q+1. The number of benzene rings is 2. The van der Waals surface area contributed by atoms with E-state index < -0.39 is 0 Å². The van der Waals surface area contributed by atoms with Crippen LogP contribution in [0.25, 0.3) is 27.5 Å². The Labute approximate surface area is 123 Å². The zero-order valence-corrected chi connectivity index (χ0v) is 11.9. The van der Waals surface area contributed by atoms with Crippen LogP contribution in [0.3, 0.4) is 0 Å². The average molecular weight is 274 g/mol. The van der Waals surface area contributed by atoms with Crippen LogP contribution in [0.1, 0.15) is 6.92 Å². The molecule has 0 atom stereocenters. The van der Waals surface area contributed by atoms with E-state index in [1.807, 2.05) is 12.1 Å². The number of rotatable bonds is 2. The fourth-order valence-electron chi connectivity index (χ4n) is 2.81. The van der Waals surface area contributed by atoms with Gasteiger partial charge in [-0.2, -0.15) is 0 Å². The molecule has 0 unspecified atom stereocenters. The Hall–Kier alpha value is -2.68. The monoisotopic (exact) mass is 274 g/mol. The normalized spacial score (nSPS) is 11.3. The molecule has 0 N–H and O–H groups in total. The summed E-state index contributed by atoms with van der Waals surface area (Å²) in [4.78, 5) is 4.77. The Balaban J connectivity index is 2.15. The molecule has 0 aliphatic carbocycles. The van der Waals surface area contributed by atoms with E-state index in [-0.39, 0.29) is 0 Å². The number of hydrogen-bond acceptors (Lipinski definition) is 1. The van der Waals surface area contributed by atoms with E-state index in [9.17, 15) is 0 Å². The molecule has 0 amide bonds. The fourth-order valence-corrected chi connectivity index (χ4v) is 2.81. The van der Waals surface area contributed by atoms with Gasteiger partial charge < -0.3 is 0 Å². The third-order valence-corrected chi connectivity index (χ3v) is 3.87. The summed E-state index contributed by atoms with van der Waals surface area (Å²) in [6.07, 6.45) is 6.34. The molecule has 2 heterocycles. The number of aromatic nitrogens is 3. The molecule has 0 saturated heterocycles. The molecule has 2 aromatic heterocycles. The number of hydrogen-bond donors (Lipinski definition) is 0. The molecule has 0 bridgehead atoms. The smallest absolute Gasteiger partial charge is 0.247 e. The molecular formula is C18H16N3+. The van der Waals surface area contributed by atoms with Crippen molar-refractivity contribution in [3.63, 3.8) is 0 Å². The zero-order valence-electron chi connectivity index (χ0n) is 11.9. The first-order chi connectivity index (χ1) is 10.4. The van der Waals surface area contributed by atoms with Gasteiger partial charge >= 0.3 is 0 Å². The molecule has 0 spiro atoms. The molecule has 2 aromatic carbocycles. The van der Waals surface area contributed by atoms with Gasteiger partial charge in [0.2, 0.25) is 6.33 Å². The summed E-state index contributed by atoms with van der Waals surface area (Å²) in [7, 11) is 0. The minimum absolute atomic E-state index is 0.966. The van der Waals surface area contributed by atoms with Crippen molar-refractivity contribution < 1.29 is 4.57 Å². The van der Waals surface area contributed by atoms with Crippen LogP contribution in [0.15, 0.2) is 67.3 Å². The second-order valence-electron chi connectivity index (χ2n) is 5.15.